The smallest absolute Gasteiger partial charge is 0.245 e. The van der Waals surface area contributed by atoms with Crippen molar-refractivity contribution >= 4 is 11.9 Å². The zero-order chi connectivity index (χ0) is 13.1. The molecule has 1 amide bonds. The molecule has 17 heavy (non-hydrogen) atoms. The van der Waals surface area contributed by atoms with E-state index in [9.17, 15) is 4.79 Å². The van der Waals surface area contributed by atoms with Crippen molar-refractivity contribution in [2.45, 2.75) is 33.2 Å². The largest absolute Gasteiger partial charge is 0.352 e. The highest BCUT2D eigenvalue weighted by atomic mass is 16.2. The number of aliphatic imine (C=N–C) groups is 1. The maximum absolute atomic E-state index is 11.8. The van der Waals surface area contributed by atoms with E-state index in [1.165, 1.54) is 0 Å². The van der Waals surface area contributed by atoms with Crippen molar-refractivity contribution in [3.8, 4) is 0 Å². The van der Waals surface area contributed by atoms with Crippen LogP contribution in [0.5, 0.6) is 0 Å². The predicted molar refractivity (Wildman–Crippen MR) is 68.3 cm³/mol. The molecule has 0 spiro atoms. The zero-order valence-corrected chi connectivity index (χ0v) is 11.1. The van der Waals surface area contributed by atoms with E-state index in [1.54, 1.807) is 0 Å². The molecule has 1 aliphatic heterocycles. The third kappa shape index (κ3) is 3.09. The first-order chi connectivity index (χ1) is 7.89. The monoisotopic (exact) mass is 241 g/mol. The minimum Gasteiger partial charge on any atom is -0.352 e. The van der Waals surface area contributed by atoms with Crippen LogP contribution in [0.25, 0.3) is 0 Å². The Balaban J connectivity index is 2.87. The number of carbonyl (C=O) groups excluding carboxylic acids is 1. The van der Waals surface area contributed by atoms with Gasteiger partial charge in [0.1, 0.15) is 5.54 Å². The summed E-state index contributed by atoms with van der Waals surface area (Å²) in [6.45, 7) is 9.92. The number of hydrazine groups is 1. The van der Waals surface area contributed by atoms with Crippen LogP contribution in [-0.4, -0.2) is 41.9 Å². The molecule has 0 saturated carbocycles. The molecule has 1 saturated heterocycles. The molecule has 0 atom stereocenters. The average molecular weight is 241 g/mol. The lowest BCUT2D eigenvalue weighted by atomic mass is 9.99. The third-order valence-electron chi connectivity index (χ3n) is 2.84. The van der Waals surface area contributed by atoms with Crippen molar-refractivity contribution in [3.05, 3.63) is 0 Å². The first-order valence-corrected chi connectivity index (χ1v) is 5.96. The van der Waals surface area contributed by atoms with Gasteiger partial charge in [-0.05, 0) is 19.8 Å². The van der Waals surface area contributed by atoms with Crippen LogP contribution in [-0.2, 0) is 4.79 Å². The summed E-state index contributed by atoms with van der Waals surface area (Å²) in [5.74, 6) is 6.54. The van der Waals surface area contributed by atoms with Gasteiger partial charge < -0.3 is 10.2 Å². The van der Waals surface area contributed by atoms with Crippen molar-refractivity contribution < 1.29 is 4.79 Å². The van der Waals surface area contributed by atoms with Gasteiger partial charge in [0.2, 0.25) is 11.9 Å². The number of hydrogen-bond acceptors (Lipinski definition) is 3. The molecule has 1 fully saturated rings. The van der Waals surface area contributed by atoms with Crippen LogP contribution in [0, 0.1) is 5.92 Å². The lowest BCUT2D eigenvalue weighted by molar-refractivity contribution is -0.132. The molecule has 0 aromatic heterocycles. The fourth-order valence-electron chi connectivity index (χ4n) is 1.75. The van der Waals surface area contributed by atoms with E-state index in [0.29, 0.717) is 31.5 Å². The van der Waals surface area contributed by atoms with E-state index in [0.717, 1.165) is 0 Å². The molecule has 1 aliphatic rings. The standard InChI is InChI=1S/C11H23N5O/c1-8(2)7-14-10(15-12)16-6-5-13-9(17)11(16,3)4/h8H,5-7,12H2,1-4H3,(H,13,17)(H,14,15). The summed E-state index contributed by atoms with van der Waals surface area (Å²) in [5, 5.41) is 2.84. The van der Waals surface area contributed by atoms with Gasteiger partial charge in [0.25, 0.3) is 0 Å². The van der Waals surface area contributed by atoms with Gasteiger partial charge in [0.05, 0.1) is 0 Å². The first-order valence-electron chi connectivity index (χ1n) is 5.96. The van der Waals surface area contributed by atoms with Gasteiger partial charge in [-0.1, -0.05) is 13.8 Å². The van der Waals surface area contributed by atoms with Crippen LogP contribution in [0.2, 0.25) is 0 Å². The number of nitrogens with one attached hydrogen (secondary N) is 2. The minimum atomic E-state index is -0.625. The van der Waals surface area contributed by atoms with E-state index in [4.69, 9.17) is 5.84 Å². The van der Waals surface area contributed by atoms with Crippen LogP contribution in [0.1, 0.15) is 27.7 Å². The molecule has 98 valence electrons. The second-order valence-electron chi connectivity index (χ2n) is 5.17. The highest BCUT2D eigenvalue weighted by Gasteiger charge is 2.39. The fourth-order valence-corrected chi connectivity index (χ4v) is 1.75. The van der Waals surface area contributed by atoms with Crippen molar-refractivity contribution in [1.82, 2.24) is 15.6 Å². The Hall–Kier alpha value is -1.30. The number of guanidine groups is 1. The molecule has 0 bridgehead atoms. The van der Waals surface area contributed by atoms with Crippen LogP contribution in [0.3, 0.4) is 0 Å². The Kier molecular flexibility index (Phi) is 4.34. The van der Waals surface area contributed by atoms with Gasteiger partial charge in [-0.2, -0.15) is 0 Å². The van der Waals surface area contributed by atoms with E-state index in [1.807, 2.05) is 18.7 Å². The Morgan fingerprint density at radius 3 is 2.82 bits per heavy atom. The first kappa shape index (κ1) is 13.8. The number of rotatable bonds is 2. The SMILES string of the molecule is CC(C)CN=C(NN)N1CCNC(=O)C1(C)C. The predicted octanol–water partition coefficient (Wildman–Crippen LogP) is -0.328. The highest BCUT2D eigenvalue weighted by Crippen LogP contribution is 2.17. The quantitative estimate of drug-likeness (QED) is 0.268. The van der Waals surface area contributed by atoms with Gasteiger partial charge in [0.15, 0.2) is 0 Å². The van der Waals surface area contributed by atoms with E-state index in [2.05, 4.69) is 29.6 Å². The second-order valence-corrected chi connectivity index (χ2v) is 5.17. The third-order valence-corrected chi connectivity index (χ3v) is 2.84. The number of nitrogens with two attached hydrogens (primary N) is 1. The highest BCUT2D eigenvalue weighted by molar-refractivity contribution is 5.92. The number of piperazine rings is 1. The van der Waals surface area contributed by atoms with Gasteiger partial charge >= 0.3 is 0 Å². The van der Waals surface area contributed by atoms with Crippen molar-refractivity contribution in [2.75, 3.05) is 19.6 Å². The molecular weight excluding hydrogens is 218 g/mol. The summed E-state index contributed by atoms with van der Waals surface area (Å²) >= 11 is 0. The number of amides is 1. The molecule has 6 heteroatoms. The summed E-state index contributed by atoms with van der Waals surface area (Å²) in [5.41, 5.74) is 1.97. The van der Waals surface area contributed by atoms with Crippen LogP contribution in [0.15, 0.2) is 4.99 Å². The molecule has 1 rings (SSSR count). The molecular formula is C11H23N5O. The minimum absolute atomic E-state index is 0.00348. The normalized spacial score (nSPS) is 20.5. The summed E-state index contributed by atoms with van der Waals surface area (Å²) in [6.07, 6.45) is 0. The van der Waals surface area contributed by atoms with E-state index >= 15 is 0 Å². The lowest BCUT2D eigenvalue weighted by Gasteiger charge is -2.42. The summed E-state index contributed by atoms with van der Waals surface area (Å²) in [4.78, 5) is 18.1. The maximum Gasteiger partial charge on any atom is 0.245 e. The molecule has 6 nitrogen and oxygen atoms in total. The summed E-state index contributed by atoms with van der Waals surface area (Å²) in [6, 6.07) is 0. The molecule has 0 radical (unpaired) electrons. The average Bonchev–Trinajstić information content (AvgIpc) is 2.24. The van der Waals surface area contributed by atoms with Gasteiger partial charge in [-0.15, -0.1) is 0 Å². The zero-order valence-electron chi connectivity index (χ0n) is 11.1. The van der Waals surface area contributed by atoms with Crippen LogP contribution in [0.4, 0.5) is 0 Å². The molecule has 0 unspecified atom stereocenters. The van der Waals surface area contributed by atoms with Crippen LogP contribution >= 0.6 is 0 Å². The van der Waals surface area contributed by atoms with Gasteiger partial charge in [0, 0.05) is 19.6 Å². The van der Waals surface area contributed by atoms with Gasteiger partial charge in [-0.25, -0.2) is 5.84 Å². The van der Waals surface area contributed by atoms with Crippen molar-refractivity contribution in [2.24, 2.45) is 16.8 Å². The molecule has 0 aromatic carbocycles. The molecule has 1 heterocycles. The number of nitrogens with zero attached hydrogens (tertiary/aromatic N) is 2. The molecule has 4 N–H and O–H groups in total. The lowest BCUT2D eigenvalue weighted by Crippen LogP contribution is -2.66. The Morgan fingerprint density at radius 2 is 2.29 bits per heavy atom. The van der Waals surface area contributed by atoms with E-state index < -0.39 is 5.54 Å². The van der Waals surface area contributed by atoms with Crippen molar-refractivity contribution in [1.29, 1.82) is 0 Å². The Labute approximate surface area is 103 Å². The second kappa shape index (κ2) is 5.35. The fraction of sp³-hybridized carbons (Fsp3) is 0.818. The number of hydrogen-bond donors (Lipinski definition) is 3. The molecule has 0 aromatic rings. The summed E-state index contributed by atoms with van der Waals surface area (Å²) in [7, 11) is 0. The van der Waals surface area contributed by atoms with Crippen LogP contribution < -0.4 is 16.6 Å². The van der Waals surface area contributed by atoms with Gasteiger partial charge in [-0.3, -0.25) is 15.2 Å². The molecule has 0 aliphatic carbocycles. The maximum atomic E-state index is 11.8. The van der Waals surface area contributed by atoms with Crippen molar-refractivity contribution in [3.63, 3.8) is 0 Å². The Morgan fingerprint density at radius 1 is 1.65 bits per heavy atom. The van der Waals surface area contributed by atoms with E-state index in [-0.39, 0.29) is 5.91 Å². The summed E-state index contributed by atoms with van der Waals surface area (Å²) < 4.78 is 0. The number of carbonyl (C=O) groups is 1. The Bertz CT molecular complexity index is 311. The topological polar surface area (TPSA) is 82.8 Å².